The van der Waals surface area contributed by atoms with Crippen molar-refractivity contribution in [2.75, 3.05) is 0 Å². The normalized spacial score (nSPS) is 11.9. The van der Waals surface area contributed by atoms with Crippen LogP contribution in [0, 0.1) is 41.7 Å². The zero-order valence-corrected chi connectivity index (χ0v) is 41.6. The molecular weight excluding hydrogens is 913 g/mol. The highest BCUT2D eigenvalue weighted by molar-refractivity contribution is 6.13. The van der Waals surface area contributed by atoms with E-state index in [-0.39, 0.29) is 0 Å². The van der Waals surface area contributed by atoms with Gasteiger partial charge in [0.25, 0.3) is 0 Å². The first-order valence-corrected chi connectivity index (χ1v) is 26.5. The van der Waals surface area contributed by atoms with Gasteiger partial charge in [-0.25, -0.2) is 0 Å². The summed E-state index contributed by atoms with van der Waals surface area (Å²) in [6, 6.07) is 104. The van der Waals surface area contributed by atoms with Crippen LogP contribution in [0.3, 0.4) is 0 Å². The predicted octanol–water partition coefficient (Wildman–Crippen LogP) is 19.7. The highest BCUT2D eigenvalue weighted by Gasteiger charge is 2.25. The van der Waals surface area contributed by atoms with E-state index in [1.54, 1.807) is 0 Å². The molecule has 0 radical (unpaired) electrons. The summed E-state index contributed by atoms with van der Waals surface area (Å²) < 4.78 is 0. The Kier molecular flexibility index (Phi) is 9.44. The maximum atomic E-state index is 2.48. The molecule has 0 fully saturated rings. The van der Waals surface area contributed by atoms with Gasteiger partial charge in [0.05, 0.1) is 0 Å². The van der Waals surface area contributed by atoms with Gasteiger partial charge in [-0.3, -0.25) is 0 Å². The largest absolute Gasteiger partial charge is 0.0622 e. The third-order valence-corrected chi connectivity index (χ3v) is 16.5. The second kappa shape index (κ2) is 16.8. The molecule has 0 unspecified atom stereocenters. The summed E-state index contributed by atoms with van der Waals surface area (Å²) in [5, 5.41) is 20.5. The molecule has 0 N–H and O–H groups in total. The summed E-state index contributed by atoms with van der Waals surface area (Å²) in [6.45, 7) is 0. The second-order valence-corrected chi connectivity index (χ2v) is 20.6. The minimum absolute atomic E-state index is 1.20. The van der Waals surface area contributed by atoms with Crippen molar-refractivity contribution >= 4 is 43.1 Å². The van der Waals surface area contributed by atoms with Crippen molar-refractivity contribution in [3.63, 3.8) is 0 Å². The van der Waals surface area contributed by atoms with Gasteiger partial charge in [-0.05, 0) is 193 Å². The van der Waals surface area contributed by atoms with E-state index in [2.05, 4.69) is 279 Å². The lowest BCUT2D eigenvalue weighted by Gasteiger charge is -2.17. The number of hydrogen-bond acceptors (Lipinski definition) is 0. The van der Waals surface area contributed by atoms with E-state index >= 15 is 0 Å². The Morgan fingerprint density at radius 1 is 0.158 bits per heavy atom. The van der Waals surface area contributed by atoms with Gasteiger partial charge in [0.1, 0.15) is 0 Å². The SMILES string of the molecule is c1ccc(-c2cccc(-c3c4c(c(-c5cccc(-c6ccccc6)c5)c5cc(-c6ccccc6)ccc35)=c3ccc5c6c(ccc=4c36)=c3c(-c4ccccc4)c4cc6ccccc6cc4c(-c4ccccc4)c3=5)c2)cc1. The molecule has 0 spiro atoms. The summed E-state index contributed by atoms with van der Waals surface area (Å²) in [7, 11) is 0. The van der Waals surface area contributed by atoms with Crippen molar-refractivity contribution < 1.29 is 0 Å². The molecule has 0 heterocycles. The molecule has 2 aliphatic carbocycles. The Morgan fingerprint density at radius 3 is 0.842 bits per heavy atom. The highest BCUT2D eigenvalue weighted by Crippen LogP contribution is 2.47. The van der Waals surface area contributed by atoms with Gasteiger partial charge >= 0.3 is 0 Å². The predicted molar refractivity (Wildman–Crippen MR) is 318 cm³/mol. The Hall–Kier alpha value is -9.88. The number of benzene rings is 14. The fourth-order valence-electron chi connectivity index (χ4n) is 13.3. The van der Waals surface area contributed by atoms with E-state index in [4.69, 9.17) is 0 Å². The van der Waals surface area contributed by atoms with Crippen LogP contribution < -0.4 is 0 Å². The molecule has 0 aromatic heterocycles. The Bertz CT molecular complexity index is 5050. The monoisotopic (exact) mass is 958 g/mol. The van der Waals surface area contributed by atoms with Crippen LogP contribution in [0.25, 0.3) is 121 Å². The molecule has 0 saturated heterocycles. The van der Waals surface area contributed by atoms with Crippen molar-refractivity contribution in [2.24, 2.45) is 0 Å². The maximum absolute atomic E-state index is 2.48. The molecule has 0 amide bonds. The molecule has 76 heavy (non-hydrogen) atoms. The summed E-state index contributed by atoms with van der Waals surface area (Å²) in [5.41, 5.74) is 17.2. The van der Waals surface area contributed by atoms with Crippen LogP contribution in [0.5, 0.6) is 0 Å². The van der Waals surface area contributed by atoms with Crippen LogP contribution >= 0.6 is 0 Å². The third-order valence-electron chi connectivity index (χ3n) is 16.5. The average molecular weight is 959 g/mol. The fraction of sp³-hybridized carbons (Fsp3) is 0. The smallest absolute Gasteiger partial charge is 0.000740 e. The van der Waals surface area contributed by atoms with E-state index < -0.39 is 0 Å². The van der Waals surface area contributed by atoms with E-state index in [9.17, 15) is 0 Å². The highest BCUT2D eigenvalue weighted by atomic mass is 14.3. The molecule has 14 aromatic rings. The summed E-state index contributed by atoms with van der Waals surface area (Å²) in [4.78, 5) is 0. The van der Waals surface area contributed by atoms with E-state index in [0.29, 0.717) is 0 Å². The van der Waals surface area contributed by atoms with Gasteiger partial charge in [-0.2, -0.15) is 0 Å². The molecule has 0 saturated carbocycles. The van der Waals surface area contributed by atoms with Crippen molar-refractivity contribution in [2.45, 2.75) is 0 Å². The van der Waals surface area contributed by atoms with E-state index in [0.717, 1.165) is 0 Å². The first-order valence-electron chi connectivity index (χ1n) is 26.5. The molecule has 0 aliphatic heterocycles. The van der Waals surface area contributed by atoms with Gasteiger partial charge < -0.3 is 0 Å². The molecule has 0 nitrogen and oxygen atoms in total. The molecule has 16 rings (SSSR count). The average Bonchev–Trinajstić information content (AvgIpc) is 4.15. The maximum Gasteiger partial charge on any atom is -0.000740 e. The van der Waals surface area contributed by atoms with Gasteiger partial charge in [-0.1, -0.05) is 249 Å². The Balaban J connectivity index is 1.16. The first-order chi connectivity index (χ1) is 37.7. The Morgan fingerprint density at radius 2 is 0.447 bits per heavy atom. The fourth-order valence-corrected chi connectivity index (χ4v) is 13.3. The lowest BCUT2D eigenvalue weighted by atomic mass is 9.85. The summed E-state index contributed by atoms with van der Waals surface area (Å²) in [5.74, 6) is 0. The molecule has 14 aromatic carbocycles. The minimum atomic E-state index is 1.20. The van der Waals surface area contributed by atoms with Crippen LogP contribution in [0.2, 0.25) is 0 Å². The minimum Gasteiger partial charge on any atom is -0.0622 e. The van der Waals surface area contributed by atoms with Crippen molar-refractivity contribution in [3.05, 3.63) is 321 Å². The standard InChI is InChI=1S/C76H46/c1-6-20-47(21-7-1)52-32-18-34-57(42-52)69-59-37-36-56(49-24-10-3-11-25-49)46-64(59)70(58-35-19-33-53(43-58)48-22-8-2-9-23-48)76-63-41-39-61-71-60(38-40-62(72(63)71)75(69)76)73-67(50-26-12-4-13-27-50)65-44-54-30-16-17-31-55(54)45-66(65)68(74(61)73)51-28-14-5-15-29-51/h1-46H. The zero-order valence-electron chi connectivity index (χ0n) is 41.6. The van der Waals surface area contributed by atoms with Gasteiger partial charge in [0.2, 0.25) is 0 Å². The number of fused-ring (bicyclic) bond motifs is 5. The quantitative estimate of drug-likeness (QED) is 0.140. The lowest BCUT2D eigenvalue weighted by molar-refractivity contribution is 1.47. The van der Waals surface area contributed by atoms with Crippen molar-refractivity contribution in [1.82, 2.24) is 0 Å². The first kappa shape index (κ1) is 42.6. The summed E-state index contributed by atoms with van der Waals surface area (Å²) in [6.07, 6.45) is 0. The van der Waals surface area contributed by atoms with Gasteiger partial charge in [-0.15, -0.1) is 0 Å². The molecule has 0 heteroatoms. The molecule has 350 valence electrons. The van der Waals surface area contributed by atoms with Crippen LogP contribution in [-0.4, -0.2) is 0 Å². The molecular formula is C76H46. The van der Waals surface area contributed by atoms with Crippen LogP contribution in [0.15, 0.2) is 279 Å². The van der Waals surface area contributed by atoms with Gasteiger partial charge in [0, 0.05) is 0 Å². The second-order valence-electron chi connectivity index (χ2n) is 20.6. The number of rotatable bonds is 7. The van der Waals surface area contributed by atoms with Crippen LogP contribution in [0.4, 0.5) is 0 Å². The zero-order chi connectivity index (χ0) is 49.8. The van der Waals surface area contributed by atoms with Crippen molar-refractivity contribution in [3.8, 4) is 77.9 Å². The van der Waals surface area contributed by atoms with Crippen molar-refractivity contribution in [1.29, 1.82) is 0 Å². The van der Waals surface area contributed by atoms with E-state index in [1.807, 2.05) is 0 Å². The topological polar surface area (TPSA) is 0 Å². The van der Waals surface area contributed by atoms with Crippen LogP contribution in [0.1, 0.15) is 0 Å². The third kappa shape index (κ3) is 6.38. The lowest BCUT2D eigenvalue weighted by Crippen LogP contribution is -1.94. The molecule has 0 bridgehead atoms. The van der Waals surface area contributed by atoms with E-state index in [1.165, 1.54) is 163 Å². The number of hydrogen-bond donors (Lipinski definition) is 0. The molecule has 0 atom stereocenters. The Labute approximate surface area is 439 Å². The van der Waals surface area contributed by atoms with Gasteiger partial charge in [0.15, 0.2) is 0 Å². The summed E-state index contributed by atoms with van der Waals surface area (Å²) >= 11 is 0. The molecule has 2 aliphatic rings. The van der Waals surface area contributed by atoms with Crippen LogP contribution in [-0.2, 0) is 0 Å².